The summed E-state index contributed by atoms with van der Waals surface area (Å²) in [5, 5.41) is 19.0. The van der Waals surface area contributed by atoms with Crippen molar-refractivity contribution in [1.82, 2.24) is 9.88 Å². The zero-order chi connectivity index (χ0) is 15.2. The largest absolute Gasteiger partial charge is 0.396 e. The Labute approximate surface area is 124 Å². The summed E-state index contributed by atoms with van der Waals surface area (Å²) >= 11 is 0. The first-order valence-corrected chi connectivity index (χ1v) is 7.22. The van der Waals surface area contributed by atoms with Crippen molar-refractivity contribution >= 4 is 16.8 Å². The normalized spacial score (nSPS) is 11.0. The van der Waals surface area contributed by atoms with Gasteiger partial charge in [-0.2, -0.15) is 0 Å². The predicted octanol–water partition coefficient (Wildman–Crippen LogP) is 1.22. The van der Waals surface area contributed by atoms with E-state index in [2.05, 4.69) is 4.98 Å². The highest BCUT2D eigenvalue weighted by Gasteiger charge is 2.15. The molecule has 1 heterocycles. The van der Waals surface area contributed by atoms with E-state index in [1.54, 1.807) is 4.90 Å². The maximum atomic E-state index is 12.4. The number of benzene rings is 1. The number of carbonyl (C=O) groups is 1. The number of fused-ring (bicyclic) bond motifs is 1. The highest BCUT2D eigenvalue weighted by Crippen LogP contribution is 2.22. The molecule has 0 aliphatic heterocycles. The second-order valence-electron chi connectivity index (χ2n) is 5.17. The number of aromatic amines is 1. The van der Waals surface area contributed by atoms with E-state index in [0.29, 0.717) is 25.9 Å². The molecule has 114 valence electrons. The molecule has 1 aromatic heterocycles. The summed E-state index contributed by atoms with van der Waals surface area (Å²) in [6.45, 7) is 2.78. The number of hydrogen-bond acceptors (Lipinski definition) is 3. The minimum Gasteiger partial charge on any atom is -0.396 e. The fourth-order valence-corrected chi connectivity index (χ4v) is 2.53. The molecule has 0 saturated carbocycles. The lowest BCUT2D eigenvalue weighted by atomic mass is 10.1. The summed E-state index contributed by atoms with van der Waals surface area (Å²) in [6, 6.07) is 6.02. The van der Waals surface area contributed by atoms with E-state index >= 15 is 0 Å². The molecule has 0 bridgehead atoms. The predicted molar refractivity (Wildman–Crippen MR) is 82.1 cm³/mol. The van der Waals surface area contributed by atoms with E-state index < -0.39 is 0 Å². The number of para-hydroxylation sites is 1. The van der Waals surface area contributed by atoms with Crippen LogP contribution in [0.15, 0.2) is 24.4 Å². The summed E-state index contributed by atoms with van der Waals surface area (Å²) in [5.74, 6) is -0.0279. The van der Waals surface area contributed by atoms with Crippen molar-refractivity contribution in [2.45, 2.75) is 19.8 Å². The van der Waals surface area contributed by atoms with Crippen LogP contribution in [0.1, 0.15) is 17.5 Å². The number of rotatable bonds is 7. The molecule has 0 spiro atoms. The van der Waals surface area contributed by atoms with Crippen LogP contribution in [0.2, 0.25) is 0 Å². The Kier molecular flexibility index (Phi) is 5.36. The second kappa shape index (κ2) is 7.24. The van der Waals surface area contributed by atoms with Gasteiger partial charge in [0.2, 0.25) is 5.91 Å². The Morgan fingerprint density at radius 3 is 2.76 bits per heavy atom. The van der Waals surface area contributed by atoms with Crippen molar-refractivity contribution in [3.8, 4) is 0 Å². The van der Waals surface area contributed by atoms with Crippen LogP contribution in [-0.2, 0) is 11.2 Å². The maximum Gasteiger partial charge on any atom is 0.227 e. The minimum absolute atomic E-state index is 0.0279. The molecule has 2 aromatic rings. The number of nitrogens with zero attached hydrogens (tertiary/aromatic N) is 1. The smallest absolute Gasteiger partial charge is 0.227 e. The molecule has 5 heteroatoms. The van der Waals surface area contributed by atoms with Gasteiger partial charge in [0.05, 0.1) is 13.0 Å². The van der Waals surface area contributed by atoms with Crippen molar-refractivity contribution in [2.75, 3.05) is 26.3 Å². The molecule has 0 unspecified atom stereocenters. The monoisotopic (exact) mass is 290 g/mol. The Morgan fingerprint density at radius 2 is 2.05 bits per heavy atom. The van der Waals surface area contributed by atoms with Gasteiger partial charge in [0.25, 0.3) is 0 Å². The van der Waals surface area contributed by atoms with E-state index in [1.807, 2.05) is 31.3 Å². The van der Waals surface area contributed by atoms with Gasteiger partial charge in [-0.3, -0.25) is 4.79 Å². The molecule has 0 aliphatic rings. The summed E-state index contributed by atoms with van der Waals surface area (Å²) in [5.41, 5.74) is 3.17. The molecule has 0 saturated heterocycles. The molecule has 2 rings (SSSR count). The fourth-order valence-electron chi connectivity index (χ4n) is 2.53. The molecule has 0 radical (unpaired) electrons. The van der Waals surface area contributed by atoms with Gasteiger partial charge in [0.15, 0.2) is 0 Å². The summed E-state index contributed by atoms with van der Waals surface area (Å²) < 4.78 is 0. The van der Waals surface area contributed by atoms with Gasteiger partial charge in [0, 0.05) is 36.8 Å². The zero-order valence-electron chi connectivity index (χ0n) is 12.3. The second-order valence-corrected chi connectivity index (χ2v) is 5.17. The molecule has 21 heavy (non-hydrogen) atoms. The average Bonchev–Trinajstić information content (AvgIpc) is 2.88. The molecule has 0 aliphatic carbocycles. The SMILES string of the molecule is Cc1cccc2c(CC(=O)N(CCO)CCCO)c[nH]c12. The van der Waals surface area contributed by atoms with E-state index in [4.69, 9.17) is 10.2 Å². The first-order valence-electron chi connectivity index (χ1n) is 7.22. The van der Waals surface area contributed by atoms with Crippen LogP contribution < -0.4 is 0 Å². The van der Waals surface area contributed by atoms with Crippen LogP contribution in [-0.4, -0.2) is 52.3 Å². The molecule has 5 nitrogen and oxygen atoms in total. The summed E-state index contributed by atoms with van der Waals surface area (Å²) in [4.78, 5) is 17.2. The first-order chi connectivity index (χ1) is 10.2. The quantitative estimate of drug-likeness (QED) is 0.717. The number of carbonyl (C=O) groups excluding carboxylic acids is 1. The molecular formula is C16H22N2O3. The Morgan fingerprint density at radius 1 is 1.24 bits per heavy atom. The molecule has 0 atom stereocenters. The number of nitrogens with one attached hydrogen (secondary N) is 1. The van der Waals surface area contributed by atoms with Crippen LogP contribution in [0, 0.1) is 6.92 Å². The van der Waals surface area contributed by atoms with Gasteiger partial charge in [-0.25, -0.2) is 0 Å². The van der Waals surface area contributed by atoms with Crippen molar-refractivity contribution in [3.63, 3.8) is 0 Å². The number of hydrogen-bond donors (Lipinski definition) is 3. The summed E-state index contributed by atoms with van der Waals surface area (Å²) in [6.07, 6.45) is 2.70. The lowest BCUT2D eigenvalue weighted by Gasteiger charge is -2.21. The van der Waals surface area contributed by atoms with Crippen molar-refractivity contribution < 1.29 is 15.0 Å². The number of aryl methyl sites for hydroxylation is 1. The Balaban J connectivity index is 2.14. The molecule has 0 fully saturated rings. The van der Waals surface area contributed by atoms with Crippen LogP contribution >= 0.6 is 0 Å². The van der Waals surface area contributed by atoms with Crippen molar-refractivity contribution in [2.24, 2.45) is 0 Å². The van der Waals surface area contributed by atoms with Crippen LogP contribution in [0.5, 0.6) is 0 Å². The minimum atomic E-state index is -0.0653. The average molecular weight is 290 g/mol. The van der Waals surface area contributed by atoms with E-state index in [0.717, 1.165) is 22.0 Å². The van der Waals surface area contributed by atoms with E-state index in [1.165, 1.54) is 0 Å². The highest BCUT2D eigenvalue weighted by molar-refractivity contribution is 5.90. The molecular weight excluding hydrogens is 268 g/mol. The fraction of sp³-hybridized carbons (Fsp3) is 0.438. The van der Waals surface area contributed by atoms with Gasteiger partial charge in [-0.05, 0) is 24.5 Å². The van der Waals surface area contributed by atoms with Crippen molar-refractivity contribution in [1.29, 1.82) is 0 Å². The first kappa shape index (κ1) is 15.5. The van der Waals surface area contributed by atoms with Gasteiger partial charge in [-0.1, -0.05) is 18.2 Å². The number of aliphatic hydroxyl groups excluding tert-OH is 2. The third-order valence-corrected chi connectivity index (χ3v) is 3.66. The van der Waals surface area contributed by atoms with Crippen LogP contribution in [0.3, 0.4) is 0 Å². The zero-order valence-corrected chi connectivity index (χ0v) is 12.3. The third kappa shape index (κ3) is 3.62. The number of aromatic nitrogens is 1. The van der Waals surface area contributed by atoms with E-state index in [-0.39, 0.29) is 19.1 Å². The van der Waals surface area contributed by atoms with Crippen molar-refractivity contribution in [3.05, 3.63) is 35.5 Å². The molecule has 1 amide bonds. The Hall–Kier alpha value is -1.85. The van der Waals surface area contributed by atoms with Gasteiger partial charge in [0.1, 0.15) is 0 Å². The molecule has 1 aromatic carbocycles. The lowest BCUT2D eigenvalue weighted by Crippen LogP contribution is -2.35. The standard InChI is InChI=1S/C16H22N2O3/c1-12-4-2-5-14-13(11-17-16(12)14)10-15(21)18(7-9-20)6-3-8-19/h2,4-5,11,17,19-20H,3,6-10H2,1H3. The molecule has 3 N–H and O–H groups in total. The highest BCUT2D eigenvalue weighted by atomic mass is 16.3. The lowest BCUT2D eigenvalue weighted by molar-refractivity contribution is -0.131. The topological polar surface area (TPSA) is 76.6 Å². The number of H-pyrrole nitrogens is 1. The van der Waals surface area contributed by atoms with Gasteiger partial charge >= 0.3 is 0 Å². The third-order valence-electron chi connectivity index (χ3n) is 3.66. The number of aliphatic hydroxyl groups is 2. The van der Waals surface area contributed by atoms with Crippen LogP contribution in [0.25, 0.3) is 10.9 Å². The number of amides is 1. The van der Waals surface area contributed by atoms with Gasteiger partial charge in [-0.15, -0.1) is 0 Å². The summed E-state index contributed by atoms with van der Waals surface area (Å²) in [7, 11) is 0. The van der Waals surface area contributed by atoms with Gasteiger partial charge < -0.3 is 20.1 Å². The van der Waals surface area contributed by atoms with Crippen LogP contribution in [0.4, 0.5) is 0 Å². The maximum absolute atomic E-state index is 12.4. The Bertz CT molecular complexity index is 607. The van der Waals surface area contributed by atoms with E-state index in [9.17, 15) is 4.79 Å².